The third kappa shape index (κ3) is 1.31. The fourth-order valence-corrected chi connectivity index (χ4v) is 2.15. The van der Waals surface area contributed by atoms with Crippen molar-refractivity contribution in [1.29, 1.82) is 0 Å². The molecular formula is C12H12N2O. The maximum atomic E-state index is 11.6. The number of fused-ring (bicyclic) bond motifs is 2. The predicted molar refractivity (Wildman–Crippen MR) is 59.7 cm³/mol. The number of nitrogens with one attached hydrogen (secondary N) is 1. The van der Waals surface area contributed by atoms with Crippen LogP contribution in [-0.2, 0) is 6.42 Å². The van der Waals surface area contributed by atoms with E-state index in [9.17, 15) is 5.21 Å². The van der Waals surface area contributed by atoms with Crippen LogP contribution in [0.1, 0.15) is 12.0 Å². The lowest BCUT2D eigenvalue weighted by Crippen LogP contribution is -2.26. The molecule has 15 heavy (non-hydrogen) atoms. The van der Waals surface area contributed by atoms with Crippen LogP contribution in [0.15, 0.2) is 30.5 Å². The lowest BCUT2D eigenvalue weighted by atomic mass is 10.0. The molecule has 0 unspecified atom stereocenters. The van der Waals surface area contributed by atoms with Crippen molar-refractivity contribution in [2.75, 3.05) is 11.9 Å². The number of benzene rings is 1. The Bertz CT molecular complexity index is 522. The third-order valence-corrected chi connectivity index (χ3v) is 2.93. The van der Waals surface area contributed by atoms with Crippen LogP contribution in [0.4, 0.5) is 5.69 Å². The maximum absolute atomic E-state index is 11.6. The van der Waals surface area contributed by atoms with Crippen LogP contribution < -0.4 is 10.0 Å². The van der Waals surface area contributed by atoms with Gasteiger partial charge in [0.15, 0.2) is 6.20 Å². The summed E-state index contributed by atoms with van der Waals surface area (Å²) in [5.74, 6) is 0. The number of anilines is 1. The second-order valence-corrected chi connectivity index (χ2v) is 3.93. The van der Waals surface area contributed by atoms with E-state index in [1.807, 2.05) is 12.1 Å². The molecular weight excluding hydrogens is 188 g/mol. The highest BCUT2D eigenvalue weighted by atomic mass is 16.5. The molecule has 0 bridgehead atoms. The molecule has 0 amide bonds. The Kier molecular flexibility index (Phi) is 1.78. The fourth-order valence-electron chi connectivity index (χ4n) is 2.15. The molecule has 1 aromatic heterocycles. The molecule has 0 spiro atoms. The molecule has 3 rings (SSSR count). The minimum atomic E-state index is 0.741. The highest BCUT2D eigenvalue weighted by Gasteiger charge is 2.12. The van der Waals surface area contributed by atoms with Crippen molar-refractivity contribution >= 4 is 16.6 Å². The van der Waals surface area contributed by atoms with Crippen molar-refractivity contribution in [2.24, 2.45) is 0 Å². The normalized spacial score (nSPS) is 14.7. The molecule has 3 heteroatoms. The first kappa shape index (κ1) is 8.53. The summed E-state index contributed by atoms with van der Waals surface area (Å²) in [6, 6.07) is 7.85. The zero-order chi connectivity index (χ0) is 10.3. The zero-order valence-electron chi connectivity index (χ0n) is 8.36. The van der Waals surface area contributed by atoms with E-state index in [-0.39, 0.29) is 0 Å². The van der Waals surface area contributed by atoms with Gasteiger partial charge in [-0.25, -0.2) is 0 Å². The van der Waals surface area contributed by atoms with Crippen LogP contribution in [-0.4, -0.2) is 6.54 Å². The highest BCUT2D eigenvalue weighted by molar-refractivity contribution is 5.82. The van der Waals surface area contributed by atoms with Crippen LogP contribution in [0.25, 0.3) is 10.9 Å². The van der Waals surface area contributed by atoms with Gasteiger partial charge in [-0.05, 0) is 30.5 Å². The summed E-state index contributed by atoms with van der Waals surface area (Å²) in [6.45, 7) is 1.00. The van der Waals surface area contributed by atoms with Crippen molar-refractivity contribution in [3.05, 3.63) is 41.2 Å². The molecule has 2 aromatic rings. The van der Waals surface area contributed by atoms with Crippen LogP contribution in [0.2, 0.25) is 0 Å². The van der Waals surface area contributed by atoms with Gasteiger partial charge in [0.25, 0.3) is 0 Å². The van der Waals surface area contributed by atoms with E-state index in [0.717, 1.165) is 34.3 Å². The predicted octanol–water partition coefficient (Wildman–Crippen LogP) is 1.83. The van der Waals surface area contributed by atoms with Gasteiger partial charge >= 0.3 is 0 Å². The Balaban J connectivity index is 2.31. The third-order valence-electron chi connectivity index (χ3n) is 2.93. The maximum Gasteiger partial charge on any atom is 0.225 e. The van der Waals surface area contributed by atoms with Gasteiger partial charge in [-0.2, -0.15) is 4.73 Å². The molecule has 76 valence electrons. The van der Waals surface area contributed by atoms with E-state index < -0.39 is 0 Å². The van der Waals surface area contributed by atoms with Crippen LogP contribution in [0.3, 0.4) is 0 Å². The summed E-state index contributed by atoms with van der Waals surface area (Å²) in [5, 5.41) is 15.9. The van der Waals surface area contributed by atoms with Crippen molar-refractivity contribution in [3.8, 4) is 0 Å². The molecule has 1 N–H and O–H groups in total. The Morgan fingerprint density at radius 3 is 3.20 bits per heavy atom. The summed E-state index contributed by atoms with van der Waals surface area (Å²) in [6.07, 6.45) is 3.81. The number of hydrogen-bond donors (Lipinski definition) is 1. The smallest absolute Gasteiger partial charge is 0.225 e. The van der Waals surface area contributed by atoms with E-state index in [1.54, 1.807) is 6.07 Å². The minimum absolute atomic E-state index is 0.741. The van der Waals surface area contributed by atoms with Gasteiger partial charge in [0.2, 0.25) is 5.52 Å². The molecule has 3 nitrogen and oxygen atoms in total. The van der Waals surface area contributed by atoms with Gasteiger partial charge < -0.3 is 10.5 Å². The highest BCUT2D eigenvalue weighted by Crippen LogP contribution is 2.25. The Morgan fingerprint density at radius 1 is 1.33 bits per heavy atom. The molecule has 2 heterocycles. The van der Waals surface area contributed by atoms with Gasteiger partial charge in [-0.3, -0.25) is 0 Å². The van der Waals surface area contributed by atoms with E-state index in [2.05, 4.69) is 11.4 Å². The summed E-state index contributed by atoms with van der Waals surface area (Å²) in [4.78, 5) is 0. The molecule has 0 atom stereocenters. The Labute approximate surface area is 87.9 Å². The van der Waals surface area contributed by atoms with Crippen molar-refractivity contribution in [3.63, 3.8) is 0 Å². The molecule has 0 aliphatic carbocycles. The first-order chi connectivity index (χ1) is 7.34. The average Bonchev–Trinajstić information content (AvgIpc) is 2.27. The topological polar surface area (TPSA) is 39.0 Å². The standard InChI is InChI=1S/C12H12N2O/c15-14-6-2-4-10-7-9-3-1-5-13-11(9)8-12(10)14/h2,4,6-8,13H,1,3,5H2. The molecule has 0 fully saturated rings. The summed E-state index contributed by atoms with van der Waals surface area (Å²) < 4.78 is 0.923. The largest absolute Gasteiger partial charge is 0.618 e. The first-order valence-electron chi connectivity index (χ1n) is 5.23. The average molecular weight is 200 g/mol. The van der Waals surface area contributed by atoms with Gasteiger partial charge in [0, 0.05) is 29.8 Å². The van der Waals surface area contributed by atoms with Gasteiger partial charge in [0.1, 0.15) is 0 Å². The summed E-state index contributed by atoms with van der Waals surface area (Å²) in [7, 11) is 0. The Morgan fingerprint density at radius 2 is 2.27 bits per heavy atom. The number of pyridine rings is 1. The van der Waals surface area contributed by atoms with Crippen molar-refractivity contribution in [1.82, 2.24) is 0 Å². The summed E-state index contributed by atoms with van der Waals surface area (Å²) in [5.41, 5.74) is 3.18. The van der Waals surface area contributed by atoms with Gasteiger partial charge in [-0.15, -0.1) is 0 Å². The molecule has 1 aliphatic rings. The van der Waals surface area contributed by atoms with Crippen molar-refractivity contribution in [2.45, 2.75) is 12.8 Å². The SMILES string of the molecule is [O-][n+]1cccc2cc3c(cc21)NCCC3. The number of nitrogens with zero attached hydrogens (tertiary/aromatic N) is 1. The van der Waals surface area contributed by atoms with E-state index in [0.29, 0.717) is 0 Å². The second-order valence-electron chi connectivity index (χ2n) is 3.93. The van der Waals surface area contributed by atoms with E-state index in [4.69, 9.17) is 0 Å². The lowest BCUT2D eigenvalue weighted by Gasteiger charge is -2.17. The lowest BCUT2D eigenvalue weighted by molar-refractivity contribution is -0.576. The van der Waals surface area contributed by atoms with Crippen LogP contribution in [0.5, 0.6) is 0 Å². The second kappa shape index (κ2) is 3.12. The minimum Gasteiger partial charge on any atom is -0.618 e. The molecule has 0 saturated carbocycles. The zero-order valence-corrected chi connectivity index (χ0v) is 8.36. The number of rotatable bonds is 0. The number of aryl methyl sites for hydroxylation is 1. The van der Waals surface area contributed by atoms with E-state index in [1.165, 1.54) is 18.2 Å². The fraction of sp³-hybridized carbons (Fsp3) is 0.250. The van der Waals surface area contributed by atoms with Crippen molar-refractivity contribution < 1.29 is 4.73 Å². The number of aromatic nitrogens is 1. The summed E-state index contributed by atoms with van der Waals surface area (Å²) >= 11 is 0. The first-order valence-corrected chi connectivity index (χ1v) is 5.23. The van der Waals surface area contributed by atoms with Gasteiger partial charge in [0.05, 0.1) is 0 Å². The quantitative estimate of drug-likeness (QED) is 0.520. The molecule has 0 radical (unpaired) electrons. The molecule has 0 saturated heterocycles. The van der Waals surface area contributed by atoms with Crippen LogP contribution in [0, 0.1) is 5.21 Å². The Hall–Kier alpha value is -1.77. The monoisotopic (exact) mass is 200 g/mol. The van der Waals surface area contributed by atoms with Gasteiger partial charge in [-0.1, -0.05) is 0 Å². The van der Waals surface area contributed by atoms with E-state index >= 15 is 0 Å². The number of hydrogen-bond acceptors (Lipinski definition) is 2. The molecule has 1 aliphatic heterocycles. The van der Waals surface area contributed by atoms with Crippen LogP contribution >= 0.6 is 0 Å². The molecule has 1 aromatic carbocycles.